The molecule has 3 aliphatic carbocycles. The summed E-state index contributed by atoms with van der Waals surface area (Å²) in [5, 5.41) is 8.87. The molecule has 0 spiro atoms. The minimum Gasteiger partial charge on any atom is -0.347 e. The van der Waals surface area contributed by atoms with Gasteiger partial charge in [-0.3, -0.25) is 14.6 Å². The Hall–Kier alpha value is -2.35. The van der Waals surface area contributed by atoms with Gasteiger partial charge in [0.1, 0.15) is 5.69 Å². The van der Waals surface area contributed by atoms with Crippen LogP contribution in [-0.2, 0) is 0 Å². The number of hydrogen-bond acceptors (Lipinski definition) is 6. The highest BCUT2D eigenvalue weighted by Gasteiger charge is 2.43. The molecule has 3 aliphatic rings. The lowest BCUT2D eigenvalue weighted by Crippen LogP contribution is -2.49. The van der Waals surface area contributed by atoms with Gasteiger partial charge in [-0.15, -0.1) is 11.3 Å². The summed E-state index contributed by atoms with van der Waals surface area (Å²) in [6.45, 7) is 3.72. The van der Waals surface area contributed by atoms with Gasteiger partial charge in [0.15, 0.2) is 5.01 Å². The molecule has 0 saturated heterocycles. The average Bonchev–Trinajstić information content (AvgIpc) is 2.97. The number of nitrogens with one attached hydrogen (secondary N) is 2. The molecule has 148 valence electrons. The molecular formula is C20H25N5O2S. The van der Waals surface area contributed by atoms with Crippen molar-refractivity contribution in [3.8, 4) is 0 Å². The highest BCUT2D eigenvalue weighted by molar-refractivity contribution is 7.11. The van der Waals surface area contributed by atoms with Crippen molar-refractivity contribution >= 4 is 23.2 Å². The van der Waals surface area contributed by atoms with E-state index < -0.39 is 0 Å². The Morgan fingerprint density at radius 2 is 1.79 bits per heavy atom. The van der Waals surface area contributed by atoms with Crippen LogP contribution in [0.1, 0.15) is 70.2 Å². The third-order valence-electron chi connectivity index (χ3n) is 5.99. The number of rotatable bonds is 4. The Kier molecular flexibility index (Phi) is 5.14. The molecule has 0 aliphatic heterocycles. The Morgan fingerprint density at radius 1 is 1.04 bits per heavy atom. The van der Waals surface area contributed by atoms with Crippen LogP contribution in [0.5, 0.6) is 0 Å². The van der Waals surface area contributed by atoms with Crippen molar-refractivity contribution in [1.82, 2.24) is 25.6 Å². The first-order valence-corrected chi connectivity index (χ1v) is 10.7. The Labute approximate surface area is 168 Å². The van der Waals surface area contributed by atoms with E-state index >= 15 is 0 Å². The fraction of sp³-hybridized carbons (Fsp3) is 0.550. The second-order valence-corrected chi connectivity index (χ2v) is 8.89. The molecule has 2 amide bonds. The van der Waals surface area contributed by atoms with Gasteiger partial charge in [0.05, 0.1) is 11.9 Å². The first kappa shape index (κ1) is 19.0. The van der Waals surface area contributed by atoms with E-state index in [4.69, 9.17) is 0 Å². The topological polar surface area (TPSA) is 96.9 Å². The van der Waals surface area contributed by atoms with Crippen LogP contribution in [0, 0.1) is 19.8 Å². The van der Waals surface area contributed by atoms with Gasteiger partial charge in [-0.05, 0) is 58.3 Å². The Balaban J connectivity index is 1.42. The molecular weight excluding hydrogens is 374 g/mol. The van der Waals surface area contributed by atoms with Crippen molar-refractivity contribution < 1.29 is 9.59 Å². The fourth-order valence-corrected chi connectivity index (χ4v) is 5.15. The van der Waals surface area contributed by atoms with Crippen molar-refractivity contribution in [2.24, 2.45) is 5.92 Å². The quantitative estimate of drug-likeness (QED) is 0.824. The van der Waals surface area contributed by atoms with Crippen LogP contribution < -0.4 is 10.6 Å². The van der Waals surface area contributed by atoms with E-state index in [1.54, 1.807) is 6.20 Å². The second kappa shape index (κ2) is 7.58. The number of carbonyl (C=O) groups is 2. The number of carbonyl (C=O) groups excluding carboxylic acids is 2. The predicted octanol–water partition coefficient (Wildman–Crippen LogP) is 2.80. The van der Waals surface area contributed by atoms with Crippen LogP contribution >= 0.6 is 11.3 Å². The SMILES string of the molecule is Cc1cncc(C(=O)NC23CCC(CC2)[C@H](NC(=O)c2nc(C)cs2)CC3)n1. The zero-order valence-electron chi connectivity index (χ0n) is 16.2. The number of nitrogens with zero attached hydrogens (tertiary/aromatic N) is 3. The molecule has 2 heterocycles. The van der Waals surface area contributed by atoms with Crippen LogP contribution in [0.15, 0.2) is 17.8 Å². The first-order valence-electron chi connectivity index (χ1n) is 9.78. The maximum absolute atomic E-state index is 12.7. The molecule has 2 bridgehead atoms. The van der Waals surface area contributed by atoms with E-state index in [2.05, 4.69) is 25.6 Å². The molecule has 0 unspecified atom stereocenters. The minimum atomic E-state index is -0.212. The van der Waals surface area contributed by atoms with Gasteiger partial charge >= 0.3 is 0 Å². The zero-order chi connectivity index (χ0) is 19.7. The van der Waals surface area contributed by atoms with Crippen LogP contribution in [0.3, 0.4) is 0 Å². The highest BCUT2D eigenvalue weighted by atomic mass is 32.1. The summed E-state index contributed by atoms with van der Waals surface area (Å²) in [4.78, 5) is 37.9. The summed E-state index contributed by atoms with van der Waals surface area (Å²) < 4.78 is 0. The number of fused-ring (bicyclic) bond motifs is 4. The van der Waals surface area contributed by atoms with Gasteiger partial charge in [-0.2, -0.15) is 0 Å². The summed E-state index contributed by atoms with van der Waals surface area (Å²) in [5.41, 5.74) is 1.76. The molecule has 2 aromatic rings. The molecule has 3 fully saturated rings. The number of hydrogen-bond donors (Lipinski definition) is 2. The molecule has 28 heavy (non-hydrogen) atoms. The van der Waals surface area contributed by atoms with Crippen molar-refractivity contribution in [2.75, 3.05) is 0 Å². The summed E-state index contributed by atoms with van der Waals surface area (Å²) in [6, 6.07) is 0.136. The average molecular weight is 400 g/mol. The molecule has 2 N–H and O–H groups in total. The normalized spacial score (nSPS) is 26.5. The molecule has 0 radical (unpaired) electrons. The second-order valence-electron chi connectivity index (χ2n) is 8.03. The molecule has 0 aromatic carbocycles. The molecule has 5 rings (SSSR count). The van der Waals surface area contributed by atoms with Crippen molar-refractivity contribution in [3.05, 3.63) is 39.9 Å². The van der Waals surface area contributed by atoms with Crippen LogP contribution in [-0.4, -0.2) is 38.3 Å². The molecule has 3 saturated carbocycles. The summed E-state index contributed by atoms with van der Waals surface area (Å²) in [7, 11) is 0. The Bertz CT molecular complexity index is 888. The third kappa shape index (κ3) is 3.92. The summed E-state index contributed by atoms with van der Waals surface area (Å²) >= 11 is 1.38. The van der Waals surface area contributed by atoms with Gasteiger partial charge in [0.2, 0.25) is 0 Å². The predicted molar refractivity (Wildman–Crippen MR) is 106 cm³/mol. The highest BCUT2D eigenvalue weighted by Crippen LogP contribution is 2.42. The fourth-order valence-electron chi connectivity index (χ4n) is 4.46. The van der Waals surface area contributed by atoms with Gasteiger partial charge in [0.25, 0.3) is 11.8 Å². The van der Waals surface area contributed by atoms with Crippen LogP contribution in [0.25, 0.3) is 0 Å². The van der Waals surface area contributed by atoms with Gasteiger partial charge in [-0.1, -0.05) is 0 Å². The Morgan fingerprint density at radius 3 is 2.46 bits per heavy atom. The van der Waals surface area contributed by atoms with E-state index in [1.165, 1.54) is 17.5 Å². The lowest BCUT2D eigenvalue weighted by atomic mass is 9.77. The summed E-state index contributed by atoms with van der Waals surface area (Å²) in [6.07, 6.45) is 8.75. The summed E-state index contributed by atoms with van der Waals surface area (Å²) in [5.74, 6) is 0.216. The molecule has 1 atom stereocenters. The van der Waals surface area contributed by atoms with E-state index in [-0.39, 0.29) is 23.4 Å². The largest absolute Gasteiger partial charge is 0.347 e. The molecule has 7 nitrogen and oxygen atoms in total. The number of aromatic nitrogens is 3. The number of thiazole rings is 1. The van der Waals surface area contributed by atoms with Crippen molar-refractivity contribution in [2.45, 2.75) is 64.0 Å². The molecule has 8 heteroatoms. The number of aryl methyl sites for hydroxylation is 2. The smallest absolute Gasteiger partial charge is 0.280 e. The van der Waals surface area contributed by atoms with E-state index in [1.807, 2.05) is 19.2 Å². The van der Waals surface area contributed by atoms with Crippen LogP contribution in [0.2, 0.25) is 0 Å². The van der Waals surface area contributed by atoms with Crippen molar-refractivity contribution in [3.63, 3.8) is 0 Å². The van der Waals surface area contributed by atoms with E-state index in [9.17, 15) is 9.59 Å². The standard InChI is InChI=1S/C20H25N5O2S/c1-12-9-21-10-16(22-12)17(26)25-20-6-3-14(4-7-20)15(5-8-20)24-18(27)19-23-13(2)11-28-19/h9-11,14-15H,3-8H2,1-2H3,(H,24,27)(H,25,26)/t14?,15-,20?/m1/s1. The minimum absolute atomic E-state index is 0.0819. The van der Waals surface area contributed by atoms with E-state index in [0.29, 0.717) is 16.6 Å². The lowest BCUT2D eigenvalue weighted by Gasteiger charge is -2.38. The molecule has 2 aromatic heterocycles. The van der Waals surface area contributed by atoms with Gasteiger partial charge < -0.3 is 10.6 Å². The monoisotopic (exact) mass is 399 g/mol. The van der Waals surface area contributed by atoms with Gasteiger partial charge in [0, 0.05) is 28.9 Å². The van der Waals surface area contributed by atoms with Gasteiger partial charge in [-0.25, -0.2) is 9.97 Å². The number of amides is 2. The lowest BCUT2D eigenvalue weighted by molar-refractivity contribution is 0.0853. The third-order valence-corrected chi connectivity index (χ3v) is 6.95. The maximum Gasteiger partial charge on any atom is 0.280 e. The first-order chi connectivity index (χ1) is 13.4. The van der Waals surface area contributed by atoms with Crippen molar-refractivity contribution in [1.29, 1.82) is 0 Å². The van der Waals surface area contributed by atoms with E-state index in [0.717, 1.165) is 49.9 Å². The zero-order valence-corrected chi connectivity index (χ0v) is 17.0. The van der Waals surface area contributed by atoms with Crippen LogP contribution in [0.4, 0.5) is 0 Å². The maximum atomic E-state index is 12.7.